The van der Waals surface area contributed by atoms with Crippen LogP contribution in [0.5, 0.6) is 0 Å². The first kappa shape index (κ1) is 10.4. The summed E-state index contributed by atoms with van der Waals surface area (Å²) in [6, 6.07) is 0. The molecule has 0 aromatic rings. The van der Waals surface area contributed by atoms with Crippen LogP contribution in [0.3, 0.4) is 0 Å². The molecule has 1 spiro atoms. The molecule has 2 rings (SSSR count). The van der Waals surface area contributed by atoms with E-state index in [1.54, 1.807) is 0 Å². The van der Waals surface area contributed by atoms with Crippen molar-refractivity contribution < 1.29 is 9.47 Å². The van der Waals surface area contributed by atoms with Crippen molar-refractivity contribution in [3.05, 3.63) is 0 Å². The topological polar surface area (TPSA) is 18.5 Å². The van der Waals surface area contributed by atoms with Crippen molar-refractivity contribution in [2.75, 3.05) is 6.61 Å². The lowest BCUT2D eigenvalue weighted by Gasteiger charge is -2.49. The molecule has 0 aromatic heterocycles. The quantitative estimate of drug-likeness (QED) is 0.595. The molecule has 2 aliphatic rings. The van der Waals surface area contributed by atoms with Gasteiger partial charge in [-0.15, -0.1) is 0 Å². The second kappa shape index (κ2) is 3.49. The van der Waals surface area contributed by atoms with E-state index in [0.717, 1.165) is 19.4 Å². The third-order valence-corrected chi connectivity index (χ3v) is 3.81. The summed E-state index contributed by atoms with van der Waals surface area (Å²) in [5, 5.41) is 0. The number of hydrogen-bond donors (Lipinski definition) is 0. The molecule has 0 bridgehead atoms. The molecular formula is C12H22O2. The number of hydrogen-bond acceptors (Lipinski definition) is 2. The maximum atomic E-state index is 6.11. The fourth-order valence-corrected chi connectivity index (χ4v) is 2.30. The average molecular weight is 198 g/mol. The largest absolute Gasteiger partial charge is 0.349 e. The maximum absolute atomic E-state index is 6.11. The summed E-state index contributed by atoms with van der Waals surface area (Å²) in [6.45, 7) is 7.45. The Morgan fingerprint density at radius 3 is 2.29 bits per heavy atom. The summed E-state index contributed by atoms with van der Waals surface area (Å²) in [7, 11) is 0. The molecule has 1 aliphatic carbocycles. The van der Waals surface area contributed by atoms with Crippen LogP contribution >= 0.6 is 0 Å². The highest BCUT2D eigenvalue weighted by Gasteiger charge is 2.45. The molecule has 0 aromatic carbocycles. The molecule has 1 unspecified atom stereocenters. The van der Waals surface area contributed by atoms with E-state index in [1.165, 1.54) is 19.3 Å². The second-order valence-electron chi connectivity index (χ2n) is 5.51. The van der Waals surface area contributed by atoms with Crippen LogP contribution < -0.4 is 0 Å². The Morgan fingerprint density at radius 1 is 1.07 bits per heavy atom. The van der Waals surface area contributed by atoms with E-state index in [-0.39, 0.29) is 11.2 Å². The SMILES string of the molecule is CC1OC2(CCCCC2)OCC1(C)C. The second-order valence-corrected chi connectivity index (χ2v) is 5.51. The highest BCUT2D eigenvalue weighted by atomic mass is 16.7. The smallest absolute Gasteiger partial charge is 0.168 e. The third kappa shape index (κ3) is 1.82. The van der Waals surface area contributed by atoms with Crippen LogP contribution in [-0.2, 0) is 9.47 Å². The fraction of sp³-hybridized carbons (Fsp3) is 1.00. The first-order valence-corrected chi connectivity index (χ1v) is 5.86. The summed E-state index contributed by atoms with van der Waals surface area (Å²) in [5.74, 6) is -0.215. The molecule has 0 radical (unpaired) electrons. The molecule has 1 heterocycles. The van der Waals surface area contributed by atoms with Crippen LogP contribution in [0.1, 0.15) is 52.9 Å². The van der Waals surface area contributed by atoms with Crippen LogP contribution in [0, 0.1) is 5.41 Å². The van der Waals surface area contributed by atoms with E-state index in [1.807, 2.05) is 0 Å². The normalized spacial score (nSPS) is 35.8. The lowest BCUT2D eigenvalue weighted by Crippen LogP contribution is -2.52. The molecule has 1 aliphatic heterocycles. The van der Waals surface area contributed by atoms with Gasteiger partial charge in [0.1, 0.15) is 0 Å². The Kier molecular flexibility index (Phi) is 2.61. The Balaban J connectivity index is 2.03. The minimum atomic E-state index is -0.215. The predicted octanol–water partition coefficient (Wildman–Crippen LogP) is 3.11. The van der Waals surface area contributed by atoms with Gasteiger partial charge in [-0.05, 0) is 19.8 Å². The monoisotopic (exact) mass is 198 g/mol. The molecule has 82 valence electrons. The molecule has 2 heteroatoms. The van der Waals surface area contributed by atoms with Gasteiger partial charge in [0, 0.05) is 18.3 Å². The van der Waals surface area contributed by atoms with Gasteiger partial charge in [0.2, 0.25) is 0 Å². The van der Waals surface area contributed by atoms with Crippen molar-refractivity contribution in [3.63, 3.8) is 0 Å². The molecule has 1 saturated heterocycles. The zero-order valence-electron chi connectivity index (χ0n) is 9.64. The minimum absolute atomic E-state index is 0.169. The van der Waals surface area contributed by atoms with E-state index in [2.05, 4.69) is 20.8 Å². The first-order valence-electron chi connectivity index (χ1n) is 5.86. The zero-order chi connectivity index (χ0) is 10.2. The van der Waals surface area contributed by atoms with Gasteiger partial charge >= 0.3 is 0 Å². The van der Waals surface area contributed by atoms with Crippen LogP contribution in [-0.4, -0.2) is 18.5 Å². The van der Waals surface area contributed by atoms with E-state index < -0.39 is 0 Å². The van der Waals surface area contributed by atoms with E-state index >= 15 is 0 Å². The van der Waals surface area contributed by atoms with Gasteiger partial charge in [-0.3, -0.25) is 0 Å². The van der Waals surface area contributed by atoms with Crippen molar-refractivity contribution in [2.45, 2.75) is 64.8 Å². The third-order valence-electron chi connectivity index (χ3n) is 3.81. The van der Waals surface area contributed by atoms with E-state index in [4.69, 9.17) is 9.47 Å². The van der Waals surface area contributed by atoms with Gasteiger partial charge in [0.15, 0.2) is 5.79 Å². The van der Waals surface area contributed by atoms with Gasteiger partial charge in [-0.1, -0.05) is 20.3 Å². The van der Waals surface area contributed by atoms with Gasteiger partial charge in [-0.25, -0.2) is 0 Å². The van der Waals surface area contributed by atoms with Gasteiger partial charge in [0.25, 0.3) is 0 Å². The van der Waals surface area contributed by atoms with Crippen molar-refractivity contribution in [2.24, 2.45) is 5.41 Å². The minimum Gasteiger partial charge on any atom is -0.349 e. The van der Waals surface area contributed by atoms with Crippen molar-refractivity contribution in [3.8, 4) is 0 Å². The van der Waals surface area contributed by atoms with Crippen LogP contribution in [0.2, 0.25) is 0 Å². The van der Waals surface area contributed by atoms with E-state index in [9.17, 15) is 0 Å². The average Bonchev–Trinajstić information content (AvgIpc) is 2.15. The zero-order valence-corrected chi connectivity index (χ0v) is 9.64. The molecule has 1 atom stereocenters. The van der Waals surface area contributed by atoms with Crippen LogP contribution in [0.25, 0.3) is 0 Å². The van der Waals surface area contributed by atoms with Crippen molar-refractivity contribution in [1.29, 1.82) is 0 Å². The number of rotatable bonds is 0. The standard InChI is InChI=1S/C12H22O2/c1-10-11(2,3)9-13-12(14-10)7-5-4-6-8-12/h10H,4-9H2,1-3H3. The predicted molar refractivity (Wildman–Crippen MR) is 56.1 cm³/mol. The Hall–Kier alpha value is -0.0800. The lowest BCUT2D eigenvalue weighted by atomic mass is 9.84. The van der Waals surface area contributed by atoms with Crippen molar-refractivity contribution >= 4 is 0 Å². The Morgan fingerprint density at radius 2 is 1.71 bits per heavy atom. The number of ether oxygens (including phenoxy) is 2. The molecule has 2 fully saturated rings. The highest BCUT2D eigenvalue weighted by Crippen LogP contribution is 2.42. The summed E-state index contributed by atoms with van der Waals surface area (Å²) in [6.07, 6.45) is 6.35. The van der Waals surface area contributed by atoms with Gasteiger partial charge in [0.05, 0.1) is 12.7 Å². The van der Waals surface area contributed by atoms with Crippen LogP contribution in [0.15, 0.2) is 0 Å². The Bertz CT molecular complexity index is 204. The molecule has 14 heavy (non-hydrogen) atoms. The summed E-state index contributed by atoms with van der Waals surface area (Å²) in [5.41, 5.74) is 0.169. The Labute approximate surface area is 87.0 Å². The molecule has 1 saturated carbocycles. The molecule has 2 nitrogen and oxygen atoms in total. The summed E-state index contributed by atoms with van der Waals surface area (Å²) in [4.78, 5) is 0. The van der Waals surface area contributed by atoms with Gasteiger partial charge in [-0.2, -0.15) is 0 Å². The molecular weight excluding hydrogens is 176 g/mol. The molecule has 0 amide bonds. The van der Waals surface area contributed by atoms with E-state index in [0.29, 0.717) is 6.10 Å². The highest BCUT2D eigenvalue weighted by molar-refractivity contribution is 4.87. The first-order chi connectivity index (χ1) is 6.54. The lowest BCUT2D eigenvalue weighted by molar-refractivity contribution is -0.335. The van der Waals surface area contributed by atoms with Crippen molar-refractivity contribution in [1.82, 2.24) is 0 Å². The molecule has 0 N–H and O–H groups in total. The maximum Gasteiger partial charge on any atom is 0.168 e. The fourth-order valence-electron chi connectivity index (χ4n) is 2.30. The summed E-state index contributed by atoms with van der Waals surface area (Å²) >= 11 is 0. The van der Waals surface area contributed by atoms with Gasteiger partial charge < -0.3 is 9.47 Å². The van der Waals surface area contributed by atoms with Crippen LogP contribution in [0.4, 0.5) is 0 Å². The summed E-state index contributed by atoms with van der Waals surface area (Å²) < 4.78 is 12.1.